The van der Waals surface area contributed by atoms with Crippen molar-refractivity contribution in [3.8, 4) is 5.88 Å². The lowest BCUT2D eigenvalue weighted by molar-refractivity contribution is -0.154. The number of hydrogen-bond acceptors (Lipinski definition) is 5. The van der Waals surface area contributed by atoms with Crippen LogP contribution in [0.15, 0.2) is 18.3 Å². The molecule has 5 heteroatoms. The van der Waals surface area contributed by atoms with E-state index in [9.17, 15) is 4.79 Å². The van der Waals surface area contributed by atoms with Gasteiger partial charge in [-0.15, -0.1) is 0 Å². The van der Waals surface area contributed by atoms with Gasteiger partial charge in [0.1, 0.15) is 5.60 Å². The molecule has 0 aromatic carbocycles. The summed E-state index contributed by atoms with van der Waals surface area (Å²) in [7, 11) is 1.57. The van der Waals surface area contributed by atoms with Crippen molar-refractivity contribution in [3.05, 3.63) is 18.3 Å². The molecule has 0 unspecified atom stereocenters. The Labute approximate surface area is 108 Å². The molecular weight excluding hydrogens is 232 g/mol. The highest BCUT2D eigenvalue weighted by atomic mass is 16.6. The second-order valence-corrected chi connectivity index (χ2v) is 4.85. The van der Waals surface area contributed by atoms with Gasteiger partial charge in [-0.2, -0.15) is 0 Å². The zero-order chi connectivity index (χ0) is 13.6. The fraction of sp³-hybridized carbons (Fsp3) is 0.538. The number of nitrogens with zero attached hydrogens (tertiary/aromatic N) is 1. The van der Waals surface area contributed by atoms with Crippen molar-refractivity contribution in [2.24, 2.45) is 0 Å². The lowest BCUT2D eigenvalue weighted by Gasteiger charge is -2.19. The van der Waals surface area contributed by atoms with Crippen LogP contribution in [0.25, 0.3) is 0 Å². The van der Waals surface area contributed by atoms with E-state index in [-0.39, 0.29) is 5.97 Å². The van der Waals surface area contributed by atoms with Crippen LogP contribution in [0.2, 0.25) is 0 Å². The topological polar surface area (TPSA) is 60.5 Å². The third-order valence-electron chi connectivity index (χ3n) is 2.02. The lowest BCUT2D eigenvalue weighted by atomic mass is 10.2. The van der Waals surface area contributed by atoms with Crippen molar-refractivity contribution in [2.45, 2.75) is 32.8 Å². The molecule has 0 saturated heterocycles. The molecule has 0 aliphatic heterocycles. The molecule has 1 N–H and O–H groups in total. The van der Waals surface area contributed by atoms with Crippen molar-refractivity contribution in [3.63, 3.8) is 0 Å². The summed E-state index contributed by atoms with van der Waals surface area (Å²) in [5.41, 5.74) is 0.415. The summed E-state index contributed by atoms with van der Waals surface area (Å²) in [6, 6.07) is 3.61. The molecule has 0 aliphatic rings. The van der Waals surface area contributed by atoms with E-state index in [0.29, 0.717) is 18.8 Å². The number of esters is 1. The molecule has 1 heterocycles. The van der Waals surface area contributed by atoms with Crippen LogP contribution in [-0.2, 0) is 9.53 Å². The molecule has 1 aromatic rings. The minimum absolute atomic E-state index is 0.212. The van der Waals surface area contributed by atoms with E-state index in [0.717, 1.165) is 5.69 Å². The number of pyridine rings is 1. The van der Waals surface area contributed by atoms with E-state index >= 15 is 0 Å². The van der Waals surface area contributed by atoms with Crippen LogP contribution in [0.3, 0.4) is 0 Å². The maximum absolute atomic E-state index is 11.5. The Morgan fingerprint density at radius 2 is 2.11 bits per heavy atom. The predicted octanol–water partition coefficient (Wildman–Crippen LogP) is 2.23. The number of aromatic nitrogens is 1. The van der Waals surface area contributed by atoms with E-state index in [1.165, 1.54) is 0 Å². The highest BCUT2D eigenvalue weighted by Crippen LogP contribution is 2.11. The first kappa shape index (κ1) is 14.3. The van der Waals surface area contributed by atoms with Crippen LogP contribution in [-0.4, -0.2) is 30.2 Å². The van der Waals surface area contributed by atoms with Crippen LogP contribution in [0.5, 0.6) is 5.88 Å². The maximum Gasteiger partial charge on any atom is 0.308 e. The smallest absolute Gasteiger partial charge is 0.308 e. The van der Waals surface area contributed by atoms with E-state index in [1.807, 2.05) is 26.8 Å². The number of ether oxygens (including phenoxy) is 2. The summed E-state index contributed by atoms with van der Waals surface area (Å²) in [6.45, 7) is 6.08. The van der Waals surface area contributed by atoms with Gasteiger partial charge in [-0.05, 0) is 26.8 Å². The van der Waals surface area contributed by atoms with Crippen LogP contribution in [0.1, 0.15) is 27.2 Å². The summed E-state index contributed by atoms with van der Waals surface area (Å²) in [5.74, 6) is 0.351. The van der Waals surface area contributed by atoms with Crippen molar-refractivity contribution in [1.29, 1.82) is 0 Å². The fourth-order valence-corrected chi connectivity index (χ4v) is 1.31. The van der Waals surface area contributed by atoms with Gasteiger partial charge in [-0.3, -0.25) is 4.79 Å². The molecule has 5 nitrogen and oxygen atoms in total. The molecule has 100 valence electrons. The molecule has 0 saturated carbocycles. The molecule has 0 radical (unpaired) electrons. The molecule has 0 aliphatic carbocycles. The van der Waals surface area contributed by atoms with Crippen LogP contribution < -0.4 is 10.1 Å². The highest BCUT2D eigenvalue weighted by Gasteiger charge is 2.15. The van der Waals surface area contributed by atoms with Crippen LogP contribution in [0.4, 0.5) is 5.69 Å². The molecule has 0 fully saturated rings. The molecule has 0 amide bonds. The van der Waals surface area contributed by atoms with Gasteiger partial charge >= 0.3 is 5.97 Å². The van der Waals surface area contributed by atoms with E-state index in [2.05, 4.69) is 10.3 Å². The second-order valence-electron chi connectivity index (χ2n) is 4.85. The Kier molecular flexibility index (Phi) is 4.95. The molecule has 1 aromatic heterocycles. The van der Waals surface area contributed by atoms with Crippen LogP contribution >= 0.6 is 0 Å². The minimum atomic E-state index is -0.432. The predicted molar refractivity (Wildman–Crippen MR) is 69.7 cm³/mol. The Hall–Kier alpha value is -1.78. The minimum Gasteiger partial charge on any atom is -0.481 e. The monoisotopic (exact) mass is 252 g/mol. The van der Waals surface area contributed by atoms with Gasteiger partial charge in [-0.25, -0.2) is 4.98 Å². The van der Waals surface area contributed by atoms with E-state index in [4.69, 9.17) is 9.47 Å². The van der Waals surface area contributed by atoms with Gasteiger partial charge in [-0.1, -0.05) is 0 Å². The first-order valence-electron chi connectivity index (χ1n) is 5.86. The standard InChI is InChI=1S/C13H20N2O3/c1-13(2,3)18-12(16)7-8-14-10-5-6-11(17-4)15-9-10/h5-6,9,14H,7-8H2,1-4H3. The highest BCUT2D eigenvalue weighted by molar-refractivity contribution is 5.70. The number of carbonyl (C=O) groups excluding carboxylic acids is 1. The average molecular weight is 252 g/mol. The number of carbonyl (C=O) groups is 1. The Balaban J connectivity index is 2.30. The normalized spacial score (nSPS) is 10.9. The molecule has 0 atom stereocenters. The van der Waals surface area contributed by atoms with Gasteiger partial charge in [0.2, 0.25) is 5.88 Å². The van der Waals surface area contributed by atoms with Gasteiger partial charge in [0.15, 0.2) is 0 Å². The zero-order valence-corrected chi connectivity index (χ0v) is 11.3. The van der Waals surface area contributed by atoms with Crippen LogP contribution in [0, 0.1) is 0 Å². The Morgan fingerprint density at radius 1 is 1.39 bits per heavy atom. The zero-order valence-electron chi connectivity index (χ0n) is 11.3. The third kappa shape index (κ3) is 5.52. The van der Waals surface area contributed by atoms with Gasteiger partial charge in [0.25, 0.3) is 0 Å². The summed E-state index contributed by atoms with van der Waals surface area (Å²) >= 11 is 0. The number of rotatable bonds is 5. The number of methoxy groups -OCH3 is 1. The molecular formula is C13H20N2O3. The summed E-state index contributed by atoms with van der Waals surface area (Å²) in [4.78, 5) is 15.5. The first-order valence-corrected chi connectivity index (χ1v) is 5.86. The molecule has 18 heavy (non-hydrogen) atoms. The fourth-order valence-electron chi connectivity index (χ4n) is 1.31. The van der Waals surface area contributed by atoms with Gasteiger partial charge < -0.3 is 14.8 Å². The summed E-state index contributed by atoms with van der Waals surface area (Å²) < 4.78 is 10.2. The van der Waals surface area contributed by atoms with Crippen molar-refractivity contribution in [2.75, 3.05) is 19.0 Å². The molecule has 1 rings (SSSR count). The number of anilines is 1. The van der Waals surface area contributed by atoms with E-state index in [1.54, 1.807) is 19.4 Å². The number of nitrogens with one attached hydrogen (secondary N) is 1. The second kappa shape index (κ2) is 6.23. The number of hydrogen-bond donors (Lipinski definition) is 1. The van der Waals surface area contributed by atoms with Gasteiger partial charge in [0.05, 0.1) is 25.4 Å². The van der Waals surface area contributed by atoms with Crippen molar-refractivity contribution < 1.29 is 14.3 Å². The third-order valence-corrected chi connectivity index (χ3v) is 2.02. The Morgan fingerprint density at radius 3 is 2.61 bits per heavy atom. The largest absolute Gasteiger partial charge is 0.481 e. The quantitative estimate of drug-likeness (QED) is 0.814. The maximum atomic E-state index is 11.5. The SMILES string of the molecule is COc1ccc(NCCC(=O)OC(C)(C)C)cn1. The van der Waals surface area contributed by atoms with Gasteiger partial charge in [0, 0.05) is 12.6 Å². The lowest BCUT2D eigenvalue weighted by Crippen LogP contribution is -2.25. The summed E-state index contributed by atoms with van der Waals surface area (Å²) in [6.07, 6.45) is 1.98. The Bertz CT molecular complexity index is 382. The molecule has 0 spiro atoms. The van der Waals surface area contributed by atoms with E-state index < -0.39 is 5.60 Å². The van der Waals surface area contributed by atoms with Crippen molar-refractivity contribution >= 4 is 11.7 Å². The van der Waals surface area contributed by atoms with Crippen molar-refractivity contribution in [1.82, 2.24) is 4.98 Å². The summed E-state index contributed by atoms with van der Waals surface area (Å²) in [5, 5.41) is 3.09. The average Bonchev–Trinajstić information content (AvgIpc) is 2.27. The molecule has 0 bridgehead atoms. The first-order chi connectivity index (χ1) is 8.40.